The number of nitrogens with one attached hydrogen (secondary N) is 3. The van der Waals surface area contributed by atoms with Crippen LogP contribution in [0.15, 0.2) is 34.8 Å². The Kier molecular flexibility index (Phi) is 5.96. The molecule has 1 aliphatic rings. The van der Waals surface area contributed by atoms with E-state index in [-0.39, 0.29) is 32.8 Å². The van der Waals surface area contributed by atoms with E-state index in [1.165, 1.54) is 0 Å². The van der Waals surface area contributed by atoms with Gasteiger partial charge in [0.25, 0.3) is 0 Å². The van der Waals surface area contributed by atoms with Gasteiger partial charge in [0.15, 0.2) is 5.11 Å². The number of carbonyl (C=O) groups excluding carboxylic acids is 1. The molecular formula is C16H19Cl2N3O2S. The largest absolute Gasteiger partial charge is 0.497 e. The lowest BCUT2D eigenvalue weighted by molar-refractivity contribution is -0.123. The van der Waals surface area contributed by atoms with Crippen LogP contribution in [0.4, 0.5) is 5.69 Å². The molecule has 0 heterocycles. The van der Waals surface area contributed by atoms with Crippen LogP contribution < -0.4 is 20.9 Å². The van der Waals surface area contributed by atoms with Gasteiger partial charge < -0.3 is 10.1 Å². The van der Waals surface area contributed by atoms with Gasteiger partial charge in [-0.15, -0.1) is 0 Å². The SMILES string of the molecule is COc1ccc(NC(=S)NNC(=O)C2C(C=C(Cl)Cl)C2(C)C)cc1. The third-order valence-corrected chi connectivity index (χ3v) is 4.60. The molecule has 1 amide bonds. The average molecular weight is 388 g/mol. The fourth-order valence-electron chi connectivity index (χ4n) is 2.66. The Bertz CT molecular complexity index is 658. The lowest BCUT2D eigenvalue weighted by atomic mass is 10.1. The van der Waals surface area contributed by atoms with Gasteiger partial charge >= 0.3 is 0 Å². The molecule has 2 atom stereocenters. The number of hydrogen-bond donors (Lipinski definition) is 3. The first-order valence-electron chi connectivity index (χ1n) is 7.29. The highest BCUT2D eigenvalue weighted by molar-refractivity contribution is 7.80. The summed E-state index contributed by atoms with van der Waals surface area (Å²) in [7, 11) is 1.60. The summed E-state index contributed by atoms with van der Waals surface area (Å²) in [5.74, 6) is 0.393. The first-order valence-corrected chi connectivity index (χ1v) is 8.46. The summed E-state index contributed by atoms with van der Waals surface area (Å²) in [4.78, 5) is 12.3. The van der Waals surface area contributed by atoms with E-state index >= 15 is 0 Å². The third-order valence-electron chi connectivity index (χ3n) is 4.15. The first kappa shape index (κ1) is 18.8. The van der Waals surface area contributed by atoms with Crippen LogP contribution in [0.25, 0.3) is 0 Å². The monoisotopic (exact) mass is 387 g/mol. The predicted octanol–water partition coefficient (Wildman–Crippen LogP) is 3.60. The van der Waals surface area contributed by atoms with Crippen molar-refractivity contribution in [1.82, 2.24) is 10.9 Å². The highest BCUT2D eigenvalue weighted by atomic mass is 35.5. The van der Waals surface area contributed by atoms with Crippen LogP contribution in [0, 0.1) is 17.3 Å². The Morgan fingerprint density at radius 1 is 1.25 bits per heavy atom. The zero-order valence-corrected chi connectivity index (χ0v) is 15.9. The number of thiocarbonyl (C=S) groups is 1. The van der Waals surface area contributed by atoms with E-state index in [0.29, 0.717) is 0 Å². The molecule has 0 bridgehead atoms. The van der Waals surface area contributed by atoms with E-state index in [4.69, 9.17) is 40.2 Å². The smallest absolute Gasteiger partial charge is 0.242 e. The van der Waals surface area contributed by atoms with Crippen LogP contribution in [0.1, 0.15) is 13.8 Å². The molecule has 0 aliphatic heterocycles. The van der Waals surface area contributed by atoms with E-state index < -0.39 is 0 Å². The number of rotatable bonds is 4. The maximum Gasteiger partial charge on any atom is 0.242 e. The minimum absolute atomic E-state index is 0.00687. The fraction of sp³-hybridized carbons (Fsp3) is 0.375. The van der Waals surface area contributed by atoms with Crippen LogP contribution in [0.3, 0.4) is 0 Å². The Hall–Kier alpha value is -1.50. The zero-order valence-electron chi connectivity index (χ0n) is 13.5. The summed E-state index contributed by atoms with van der Waals surface area (Å²) in [6.45, 7) is 3.98. The van der Waals surface area contributed by atoms with Gasteiger partial charge in [0.05, 0.1) is 13.0 Å². The molecule has 24 heavy (non-hydrogen) atoms. The van der Waals surface area contributed by atoms with Crippen molar-refractivity contribution in [3.05, 3.63) is 34.8 Å². The van der Waals surface area contributed by atoms with Crippen LogP contribution in [-0.2, 0) is 4.79 Å². The van der Waals surface area contributed by atoms with Crippen LogP contribution in [-0.4, -0.2) is 18.1 Å². The summed E-state index contributed by atoms with van der Waals surface area (Å²) >= 11 is 16.5. The molecule has 5 nitrogen and oxygen atoms in total. The molecule has 2 unspecified atom stereocenters. The second-order valence-electron chi connectivity index (χ2n) is 6.08. The van der Waals surface area contributed by atoms with E-state index in [0.717, 1.165) is 11.4 Å². The van der Waals surface area contributed by atoms with Crippen molar-refractivity contribution >= 4 is 52.1 Å². The second kappa shape index (κ2) is 7.59. The molecule has 8 heteroatoms. The molecule has 1 aromatic carbocycles. The highest BCUT2D eigenvalue weighted by Gasteiger charge is 2.60. The van der Waals surface area contributed by atoms with Gasteiger partial charge in [0.2, 0.25) is 5.91 Å². The van der Waals surface area contributed by atoms with Crippen molar-refractivity contribution in [1.29, 1.82) is 0 Å². The van der Waals surface area contributed by atoms with Gasteiger partial charge in [0, 0.05) is 5.69 Å². The predicted molar refractivity (Wildman–Crippen MR) is 101 cm³/mol. The van der Waals surface area contributed by atoms with Gasteiger partial charge in [0.1, 0.15) is 10.2 Å². The molecule has 1 saturated carbocycles. The van der Waals surface area contributed by atoms with Crippen molar-refractivity contribution in [3.8, 4) is 5.75 Å². The topological polar surface area (TPSA) is 62.4 Å². The maximum atomic E-state index is 12.3. The summed E-state index contributed by atoms with van der Waals surface area (Å²) < 4.78 is 5.26. The quantitative estimate of drug-likeness (QED) is 0.544. The second-order valence-corrected chi connectivity index (χ2v) is 7.49. The number of hydrazine groups is 1. The summed E-state index contributed by atoms with van der Waals surface area (Å²) in [6.07, 6.45) is 1.70. The third kappa shape index (κ3) is 4.53. The summed E-state index contributed by atoms with van der Waals surface area (Å²) in [5, 5.41) is 3.25. The van der Waals surface area contributed by atoms with Crippen molar-refractivity contribution in [2.45, 2.75) is 13.8 Å². The Labute approximate surface area is 156 Å². The molecule has 1 aliphatic carbocycles. The van der Waals surface area contributed by atoms with Crippen molar-refractivity contribution < 1.29 is 9.53 Å². The standard InChI is InChI=1S/C16H19Cl2N3O2S/c1-16(2)11(8-12(17)18)13(16)14(22)20-21-15(24)19-9-4-6-10(23-3)7-5-9/h4-8,11,13H,1-3H3,(H,20,22)(H2,19,21,24). The normalized spacial score (nSPS) is 20.5. The van der Waals surface area contributed by atoms with E-state index in [9.17, 15) is 4.79 Å². The minimum atomic E-state index is -0.207. The van der Waals surface area contributed by atoms with Crippen molar-refractivity contribution in [3.63, 3.8) is 0 Å². The Morgan fingerprint density at radius 3 is 2.42 bits per heavy atom. The maximum absolute atomic E-state index is 12.3. The number of allylic oxidation sites excluding steroid dienone is 1. The molecule has 2 rings (SSSR count). The average Bonchev–Trinajstić information content (AvgIpc) is 3.05. The number of amides is 1. The molecule has 1 fully saturated rings. The molecular weight excluding hydrogens is 369 g/mol. The number of methoxy groups -OCH3 is 1. The van der Waals surface area contributed by atoms with Gasteiger partial charge in [-0.1, -0.05) is 37.0 Å². The number of hydrogen-bond acceptors (Lipinski definition) is 3. The highest BCUT2D eigenvalue weighted by Crippen LogP contribution is 2.59. The number of halogens is 2. The lowest BCUT2D eigenvalue weighted by Crippen LogP contribution is -2.45. The molecule has 0 saturated heterocycles. The molecule has 0 radical (unpaired) electrons. The molecule has 1 aromatic rings. The van der Waals surface area contributed by atoms with E-state index in [1.54, 1.807) is 13.2 Å². The van der Waals surface area contributed by atoms with Crippen molar-refractivity contribution in [2.75, 3.05) is 12.4 Å². The molecule has 0 spiro atoms. The lowest BCUT2D eigenvalue weighted by Gasteiger charge is -2.12. The Balaban J connectivity index is 1.83. The number of ether oxygens (including phenoxy) is 1. The van der Waals surface area contributed by atoms with E-state index in [2.05, 4.69) is 16.2 Å². The number of benzene rings is 1. The Morgan fingerprint density at radius 2 is 1.88 bits per heavy atom. The minimum Gasteiger partial charge on any atom is -0.497 e. The molecule has 3 N–H and O–H groups in total. The first-order chi connectivity index (χ1) is 11.3. The van der Waals surface area contributed by atoms with Crippen LogP contribution in [0.2, 0.25) is 0 Å². The molecule has 130 valence electrons. The number of carbonyl (C=O) groups is 1. The van der Waals surface area contributed by atoms with Crippen molar-refractivity contribution in [2.24, 2.45) is 17.3 Å². The zero-order chi connectivity index (χ0) is 17.9. The summed E-state index contributed by atoms with van der Waals surface area (Å²) in [6, 6.07) is 7.26. The number of anilines is 1. The van der Waals surface area contributed by atoms with Crippen LogP contribution in [0.5, 0.6) is 5.75 Å². The van der Waals surface area contributed by atoms with Gasteiger partial charge in [-0.3, -0.25) is 15.6 Å². The summed E-state index contributed by atoms with van der Waals surface area (Å²) in [5.41, 5.74) is 5.90. The fourth-order valence-corrected chi connectivity index (χ4v) is 3.10. The van der Waals surface area contributed by atoms with Gasteiger partial charge in [-0.25, -0.2) is 0 Å². The van der Waals surface area contributed by atoms with Crippen LogP contribution >= 0.6 is 35.4 Å². The molecule has 0 aromatic heterocycles. The van der Waals surface area contributed by atoms with Gasteiger partial charge in [-0.2, -0.15) is 0 Å². The van der Waals surface area contributed by atoms with E-state index in [1.807, 2.05) is 38.1 Å². The van der Waals surface area contributed by atoms with Gasteiger partial charge in [-0.05, 0) is 53.9 Å².